The van der Waals surface area contributed by atoms with Crippen LogP contribution >= 0.6 is 0 Å². The Bertz CT molecular complexity index is 425. The quantitative estimate of drug-likeness (QED) is 0.902. The lowest BCUT2D eigenvalue weighted by Crippen LogP contribution is -2.45. The van der Waals surface area contributed by atoms with Gasteiger partial charge in [-0.05, 0) is 45.4 Å². The number of piperidine rings is 1. The summed E-state index contributed by atoms with van der Waals surface area (Å²) < 4.78 is 0. The summed E-state index contributed by atoms with van der Waals surface area (Å²) in [7, 11) is 0. The monoisotopic (exact) mass is 260 g/mol. The molecule has 1 aromatic rings. The Morgan fingerprint density at radius 2 is 2.26 bits per heavy atom. The molecule has 1 heterocycles. The highest BCUT2D eigenvalue weighted by Gasteiger charge is 2.20. The first-order valence-corrected chi connectivity index (χ1v) is 7.30. The average Bonchev–Trinajstić information content (AvgIpc) is 2.45. The fourth-order valence-electron chi connectivity index (χ4n) is 2.66. The number of amides is 1. The van der Waals surface area contributed by atoms with Crippen LogP contribution in [0.2, 0.25) is 0 Å². The van der Waals surface area contributed by atoms with Crippen LogP contribution in [0.5, 0.6) is 0 Å². The van der Waals surface area contributed by atoms with Gasteiger partial charge in [-0.3, -0.25) is 4.79 Å². The molecule has 1 aliphatic rings. The Balaban J connectivity index is 2.02. The average molecular weight is 260 g/mol. The zero-order valence-electron chi connectivity index (χ0n) is 12.0. The molecule has 0 bridgehead atoms. The Morgan fingerprint density at radius 3 is 2.89 bits per heavy atom. The van der Waals surface area contributed by atoms with Gasteiger partial charge in [0.05, 0.1) is 0 Å². The molecule has 1 aromatic carbocycles. The number of nitrogens with zero attached hydrogens (tertiary/aromatic N) is 1. The molecule has 0 aromatic heterocycles. The van der Waals surface area contributed by atoms with Gasteiger partial charge >= 0.3 is 0 Å². The molecular weight excluding hydrogens is 236 g/mol. The Morgan fingerprint density at radius 1 is 1.42 bits per heavy atom. The molecule has 2 rings (SSSR count). The molecule has 0 aliphatic carbocycles. The van der Waals surface area contributed by atoms with Gasteiger partial charge in [-0.25, -0.2) is 0 Å². The first-order chi connectivity index (χ1) is 9.20. The van der Waals surface area contributed by atoms with Crippen LogP contribution in [0.3, 0.4) is 0 Å². The molecular formula is C16H24N2O. The summed E-state index contributed by atoms with van der Waals surface area (Å²) in [5, 5.41) is 3.51. The van der Waals surface area contributed by atoms with E-state index in [4.69, 9.17) is 0 Å². The maximum Gasteiger partial charge on any atom is 0.253 e. The molecule has 3 heteroatoms. The fraction of sp³-hybridized carbons (Fsp3) is 0.562. The van der Waals surface area contributed by atoms with Crippen LogP contribution in [0.1, 0.15) is 42.1 Å². The third-order valence-corrected chi connectivity index (χ3v) is 3.79. The lowest BCUT2D eigenvalue weighted by molar-refractivity contribution is 0.0741. The Labute approximate surface area is 116 Å². The van der Waals surface area contributed by atoms with Crippen molar-refractivity contribution >= 4 is 5.91 Å². The van der Waals surface area contributed by atoms with E-state index >= 15 is 0 Å². The zero-order chi connectivity index (χ0) is 13.7. The number of aryl methyl sites for hydroxylation is 1. The van der Waals surface area contributed by atoms with Crippen LogP contribution in [0.15, 0.2) is 24.3 Å². The molecule has 19 heavy (non-hydrogen) atoms. The minimum atomic E-state index is 0.151. The van der Waals surface area contributed by atoms with Crippen molar-refractivity contribution in [2.45, 2.75) is 39.2 Å². The number of nitrogens with one attached hydrogen (secondary N) is 1. The SMILES string of the molecule is CCN(CC1CCCCN1)C(=O)c1cccc(C)c1. The predicted octanol–water partition coefficient (Wildman–Crippen LogP) is 2.60. The lowest BCUT2D eigenvalue weighted by atomic mass is 10.0. The van der Waals surface area contributed by atoms with Crippen molar-refractivity contribution in [2.75, 3.05) is 19.6 Å². The summed E-state index contributed by atoms with van der Waals surface area (Å²) in [4.78, 5) is 14.5. The van der Waals surface area contributed by atoms with E-state index in [-0.39, 0.29) is 5.91 Å². The molecule has 1 N–H and O–H groups in total. The number of hydrogen-bond donors (Lipinski definition) is 1. The standard InChI is InChI=1S/C16H24N2O/c1-3-18(12-15-9-4-5-10-17-15)16(19)14-8-6-7-13(2)11-14/h6-8,11,15,17H,3-5,9-10,12H2,1-2H3. The largest absolute Gasteiger partial charge is 0.337 e. The van der Waals surface area contributed by atoms with E-state index < -0.39 is 0 Å². The topological polar surface area (TPSA) is 32.3 Å². The first kappa shape index (κ1) is 14.1. The normalized spacial score (nSPS) is 19.2. The minimum Gasteiger partial charge on any atom is -0.337 e. The summed E-state index contributed by atoms with van der Waals surface area (Å²) in [6.45, 7) is 6.75. The number of likely N-dealkylation sites (N-methyl/N-ethyl adjacent to an activating group) is 1. The van der Waals surface area contributed by atoms with Crippen LogP contribution in [0.4, 0.5) is 0 Å². The van der Waals surface area contributed by atoms with E-state index in [1.165, 1.54) is 19.3 Å². The second-order valence-electron chi connectivity index (χ2n) is 5.36. The van der Waals surface area contributed by atoms with Crippen LogP contribution in [0.25, 0.3) is 0 Å². The summed E-state index contributed by atoms with van der Waals surface area (Å²) in [5.41, 5.74) is 1.94. The van der Waals surface area contributed by atoms with Crippen molar-refractivity contribution in [2.24, 2.45) is 0 Å². The van der Waals surface area contributed by atoms with Crippen molar-refractivity contribution in [1.82, 2.24) is 10.2 Å². The van der Waals surface area contributed by atoms with Gasteiger partial charge < -0.3 is 10.2 Å². The Kier molecular flexibility index (Phi) is 4.97. The van der Waals surface area contributed by atoms with Crippen molar-refractivity contribution in [3.05, 3.63) is 35.4 Å². The summed E-state index contributed by atoms with van der Waals surface area (Å²) in [6.07, 6.45) is 3.71. The van der Waals surface area contributed by atoms with Gasteiger partial charge in [-0.1, -0.05) is 24.1 Å². The van der Waals surface area contributed by atoms with E-state index in [9.17, 15) is 4.79 Å². The van der Waals surface area contributed by atoms with Crippen molar-refractivity contribution in [1.29, 1.82) is 0 Å². The van der Waals surface area contributed by atoms with E-state index in [1.54, 1.807) is 0 Å². The Hall–Kier alpha value is -1.35. The number of hydrogen-bond acceptors (Lipinski definition) is 2. The summed E-state index contributed by atoms with van der Waals surface area (Å²) >= 11 is 0. The van der Waals surface area contributed by atoms with Crippen molar-refractivity contribution in [3.63, 3.8) is 0 Å². The molecule has 1 unspecified atom stereocenters. The minimum absolute atomic E-state index is 0.151. The molecule has 3 nitrogen and oxygen atoms in total. The van der Waals surface area contributed by atoms with Gasteiger partial charge in [0.25, 0.3) is 5.91 Å². The fourth-order valence-corrected chi connectivity index (χ4v) is 2.66. The van der Waals surface area contributed by atoms with E-state index in [2.05, 4.69) is 12.2 Å². The second kappa shape index (κ2) is 6.71. The zero-order valence-corrected chi connectivity index (χ0v) is 12.0. The lowest BCUT2D eigenvalue weighted by Gasteiger charge is -2.30. The third kappa shape index (κ3) is 3.80. The highest BCUT2D eigenvalue weighted by Crippen LogP contribution is 2.12. The molecule has 0 radical (unpaired) electrons. The number of benzene rings is 1. The second-order valence-corrected chi connectivity index (χ2v) is 5.36. The molecule has 0 saturated carbocycles. The maximum atomic E-state index is 12.5. The third-order valence-electron chi connectivity index (χ3n) is 3.79. The number of carbonyl (C=O) groups excluding carboxylic acids is 1. The van der Waals surface area contributed by atoms with E-state index in [1.807, 2.05) is 36.1 Å². The van der Waals surface area contributed by atoms with Gasteiger partial charge in [0.2, 0.25) is 0 Å². The van der Waals surface area contributed by atoms with E-state index in [0.717, 1.165) is 30.8 Å². The van der Waals surface area contributed by atoms with Gasteiger partial charge in [-0.15, -0.1) is 0 Å². The molecule has 1 amide bonds. The van der Waals surface area contributed by atoms with Crippen LogP contribution in [0, 0.1) is 6.92 Å². The summed E-state index contributed by atoms with van der Waals surface area (Å²) in [6, 6.07) is 8.32. The summed E-state index contributed by atoms with van der Waals surface area (Å²) in [5.74, 6) is 0.151. The number of rotatable bonds is 4. The van der Waals surface area contributed by atoms with Gasteiger partial charge in [0.15, 0.2) is 0 Å². The van der Waals surface area contributed by atoms with Crippen LogP contribution in [-0.4, -0.2) is 36.5 Å². The van der Waals surface area contributed by atoms with Crippen molar-refractivity contribution < 1.29 is 4.79 Å². The maximum absolute atomic E-state index is 12.5. The van der Waals surface area contributed by atoms with E-state index in [0.29, 0.717) is 6.04 Å². The molecule has 104 valence electrons. The smallest absolute Gasteiger partial charge is 0.253 e. The molecule has 0 spiro atoms. The molecule has 1 atom stereocenters. The van der Waals surface area contributed by atoms with Crippen LogP contribution < -0.4 is 5.32 Å². The highest BCUT2D eigenvalue weighted by molar-refractivity contribution is 5.94. The highest BCUT2D eigenvalue weighted by atomic mass is 16.2. The molecule has 1 saturated heterocycles. The predicted molar refractivity (Wildman–Crippen MR) is 78.4 cm³/mol. The molecule has 1 fully saturated rings. The number of carbonyl (C=O) groups is 1. The van der Waals surface area contributed by atoms with Gasteiger partial charge in [-0.2, -0.15) is 0 Å². The first-order valence-electron chi connectivity index (χ1n) is 7.30. The molecule has 1 aliphatic heterocycles. The van der Waals surface area contributed by atoms with Crippen LogP contribution in [-0.2, 0) is 0 Å². The van der Waals surface area contributed by atoms with Gasteiger partial charge in [0, 0.05) is 24.7 Å². The van der Waals surface area contributed by atoms with Gasteiger partial charge in [0.1, 0.15) is 0 Å². The van der Waals surface area contributed by atoms with Crippen molar-refractivity contribution in [3.8, 4) is 0 Å².